The van der Waals surface area contributed by atoms with E-state index >= 15 is 0 Å². The second kappa shape index (κ2) is 3.99. The van der Waals surface area contributed by atoms with Crippen molar-refractivity contribution in [3.63, 3.8) is 0 Å². The molecule has 0 fully saturated rings. The van der Waals surface area contributed by atoms with Crippen molar-refractivity contribution in [3.05, 3.63) is 22.7 Å². The number of nitrogen functional groups attached to an aromatic ring is 1. The lowest BCUT2D eigenvalue weighted by Gasteiger charge is -2.07. The first-order valence-corrected chi connectivity index (χ1v) is 3.70. The molecule has 0 spiro atoms. The molecule has 0 aliphatic carbocycles. The van der Waals surface area contributed by atoms with Crippen molar-refractivity contribution in [1.29, 1.82) is 0 Å². The second-order valence-corrected chi connectivity index (χ2v) is 2.60. The molecular weight excluding hydrogens is 177 g/mol. The van der Waals surface area contributed by atoms with Gasteiger partial charge in [-0.3, -0.25) is 4.57 Å². The van der Waals surface area contributed by atoms with Crippen molar-refractivity contribution < 1.29 is 9.50 Å². The Morgan fingerprint density at radius 2 is 2.46 bits per heavy atom. The average molecular weight is 187 g/mol. The molecule has 6 heteroatoms. The first-order chi connectivity index (χ1) is 6.13. The fourth-order valence-electron chi connectivity index (χ4n) is 0.857. The number of aromatic nitrogens is 2. The predicted molar refractivity (Wildman–Crippen MR) is 44.9 cm³/mol. The maximum absolute atomic E-state index is 11.9. The molecule has 0 radical (unpaired) electrons. The minimum Gasteiger partial charge on any atom is -0.389 e. The van der Waals surface area contributed by atoms with Crippen LogP contribution in [0.4, 0.5) is 10.2 Å². The lowest BCUT2D eigenvalue weighted by Crippen LogP contribution is -2.29. The minimum absolute atomic E-state index is 0.107. The number of rotatable bonds is 3. The zero-order valence-electron chi connectivity index (χ0n) is 6.85. The van der Waals surface area contributed by atoms with Crippen LogP contribution in [0.25, 0.3) is 0 Å². The third-order valence-corrected chi connectivity index (χ3v) is 1.48. The van der Waals surface area contributed by atoms with Crippen molar-refractivity contribution in [1.82, 2.24) is 9.55 Å². The Balaban J connectivity index is 2.84. The number of alkyl halides is 1. The van der Waals surface area contributed by atoms with Crippen LogP contribution in [0, 0.1) is 0 Å². The summed E-state index contributed by atoms with van der Waals surface area (Å²) in [4.78, 5) is 14.4. The summed E-state index contributed by atoms with van der Waals surface area (Å²) >= 11 is 0. The molecule has 13 heavy (non-hydrogen) atoms. The first-order valence-electron chi connectivity index (χ1n) is 3.70. The van der Waals surface area contributed by atoms with Gasteiger partial charge in [-0.15, -0.1) is 0 Å². The van der Waals surface area contributed by atoms with Crippen LogP contribution in [0.15, 0.2) is 17.1 Å². The number of anilines is 1. The van der Waals surface area contributed by atoms with E-state index in [-0.39, 0.29) is 12.4 Å². The Kier molecular flexibility index (Phi) is 2.97. The predicted octanol–water partition coefficient (Wildman–Crippen LogP) is -0.844. The van der Waals surface area contributed by atoms with E-state index in [4.69, 9.17) is 10.8 Å². The summed E-state index contributed by atoms with van der Waals surface area (Å²) in [5, 5.41) is 8.91. The van der Waals surface area contributed by atoms with Crippen LogP contribution >= 0.6 is 0 Å². The number of nitrogens with zero attached hydrogens (tertiary/aromatic N) is 2. The fourth-order valence-corrected chi connectivity index (χ4v) is 0.857. The van der Waals surface area contributed by atoms with E-state index in [9.17, 15) is 9.18 Å². The van der Waals surface area contributed by atoms with Gasteiger partial charge in [-0.25, -0.2) is 9.18 Å². The van der Waals surface area contributed by atoms with Crippen molar-refractivity contribution in [3.8, 4) is 0 Å². The summed E-state index contributed by atoms with van der Waals surface area (Å²) in [6, 6.07) is 1.41. The van der Waals surface area contributed by atoms with Crippen LogP contribution in [0.2, 0.25) is 0 Å². The van der Waals surface area contributed by atoms with E-state index in [1.165, 1.54) is 12.3 Å². The maximum atomic E-state index is 11.9. The topological polar surface area (TPSA) is 81.1 Å². The standard InChI is InChI=1S/C7H10FN3O2/c8-3-5(12)4-11-2-1-6(9)10-7(11)13/h1-2,5,12H,3-4H2,(H2,9,10,13). The van der Waals surface area contributed by atoms with Crippen molar-refractivity contribution in [2.45, 2.75) is 12.6 Å². The van der Waals surface area contributed by atoms with E-state index in [0.717, 1.165) is 4.57 Å². The quantitative estimate of drug-likeness (QED) is 0.646. The number of hydrogen-bond donors (Lipinski definition) is 2. The second-order valence-electron chi connectivity index (χ2n) is 2.60. The van der Waals surface area contributed by atoms with Gasteiger partial charge in [0, 0.05) is 6.20 Å². The average Bonchev–Trinajstić information content (AvgIpc) is 2.09. The van der Waals surface area contributed by atoms with E-state index in [1.807, 2.05) is 0 Å². The van der Waals surface area contributed by atoms with Crippen LogP contribution in [0.5, 0.6) is 0 Å². The van der Waals surface area contributed by atoms with E-state index in [1.54, 1.807) is 0 Å². The third kappa shape index (κ3) is 2.51. The van der Waals surface area contributed by atoms with E-state index < -0.39 is 18.5 Å². The highest BCUT2D eigenvalue weighted by Gasteiger charge is 2.05. The zero-order valence-corrected chi connectivity index (χ0v) is 6.85. The molecule has 0 aromatic carbocycles. The van der Waals surface area contributed by atoms with Crippen molar-refractivity contribution in [2.75, 3.05) is 12.4 Å². The number of aliphatic hydroxyl groups is 1. The molecule has 0 aliphatic heterocycles. The summed E-state index contributed by atoms with van der Waals surface area (Å²) in [6.45, 7) is -1.00. The molecule has 1 rings (SSSR count). The monoisotopic (exact) mass is 187 g/mol. The SMILES string of the molecule is Nc1ccn(CC(O)CF)c(=O)n1. The molecule has 1 heterocycles. The van der Waals surface area contributed by atoms with Crippen LogP contribution in [0.3, 0.4) is 0 Å². The van der Waals surface area contributed by atoms with Gasteiger partial charge in [0.15, 0.2) is 0 Å². The van der Waals surface area contributed by atoms with Crippen LogP contribution in [-0.4, -0.2) is 27.4 Å². The molecule has 0 saturated heterocycles. The number of aliphatic hydroxyl groups excluding tert-OH is 1. The van der Waals surface area contributed by atoms with Crippen LogP contribution < -0.4 is 11.4 Å². The molecule has 1 atom stereocenters. The van der Waals surface area contributed by atoms with Gasteiger partial charge in [0.2, 0.25) is 0 Å². The van der Waals surface area contributed by atoms with Gasteiger partial charge in [0.1, 0.15) is 18.6 Å². The zero-order chi connectivity index (χ0) is 9.84. The Morgan fingerprint density at radius 3 is 3.00 bits per heavy atom. The Labute approximate surface area is 73.6 Å². The lowest BCUT2D eigenvalue weighted by atomic mass is 10.4. The number of hydrogen-bond acceptors (Lipinski definition) is 4. The van der Waals surface area contributed by atoms with E-state index in [0.29, 0.717) is 0 Å². The highest BCUT2D eigenvalue weighted by Crippen LogP contribution is 1.92. The Hall–Kier alpha value is -1.43. The first kappa shape index (κ1) is 9.66. The molecular formula is C7H10FN3O2. The number of halogens is 1. The molecule has 0 aliphatic rings. The summed E-state index contributed by atoms with van der Waals surface area (Å²) in [6.07, 6.45) is 0.187. The van der Waals surface area contributed by atoms with Gasteiger partial charge >= 0.3 is 5.69 Å². The minimum atomic E-state index is -1.18. The van der Waals surface area contributed by atoms with E-state index in [2.05, 4.69) is 4.98 Å². The summed E-state index contributed by atoms with van der Waals surface area (Å²) in [5.41, 5.74) is 4.64. The third-order valence-electron chi connectivity index (χ3n) is 1.48. The molecule has 5 nitrogen and oxygen atoms in total. The molecule has 1 aromatic rings. The molecule has 0 amide bonds. The molecule has 0 bridgehead atoms. The van der Waals surface area contributed by atoms with Crippen molar-refractivity contribution >= 4 is 5.82 Å². The Bertz CT molecular complexity index is 339. The largest absolute Gasteiger partial charge is 0.389 e. The molecule has 72 valence electrons. The van der Waals surface area contributed by atoms with Gasteiger partial charge in [0.25, 0.3) is 0 Å². The molecule has 3 N–H and O–H groups in total. The number of nitrogens with two attached hydrogens (primary N) is 1. The highest BCUT2D eigenvalue weighted by molar-refractivity contribution is 5.23. The Morgan fingerprint density at radius 1 is 1.77 bits per heavy atom. The van der Waals surface area contributed by atoms with Gasteiger partial charge in [-0.2, -0.15) is 4.98 Å². The normalized spacial score (nSPS) is 12.8. The molecule has 1 aromatic heterocycles. The van der Waals surface area contributed by atoms with Crippen molar-refractivity contribution in [2.24, 2.45) is 0 Å². The van der Waals surface area contributed by atoms with Gasteiger partial charge in [-0.1, -0.05) is 0 Å². The van der Waals surface area contributed by atoms with Gasteiger partial charge < -0.3 is 10.8 Å². The van der Waals surface area contributed by atoms with Crippen LogP contribution in [-0.2, 0) is 6.54 Å². The van der Waals surface area contributed by atoms with Crippen LogP contribution in [0.1, 0.15) is 0 Å². The van der Waals surface area contributed by atoms with Gasteiger partial charge in [0.05, 0.1) is 6.54 Å². The highest BCUT2D eigenvalue weighted by atomic mass is 19.1. The molecule has 1 unspecified atom stereocenters. The summed E-state index contributed by atoms with van der Waals surface area (Å²) in [7, 11) is 0. The fraction of sp³-hybridized carbons (Fsp3) is 0.429. The summed E-state index contributed by atoms with van der Waals surface area (Å²) in [5.74, 6) is 0.107. The summed E-state index contributed by atoms with van der Waals surface area (Å²) < 4.78 is 13.0. The maximum Gasteiger partial charge on any atom is 0.349 e. The smallest absolute Gasteiger partial charge is 0.349 e. The lowest BCUT2D eigenvalue weighted by molar-refractivity contribution is 0.120. The molecule has 0 saturated carbocycles. The van der Waals surface area contributed by atoms with Gasteiger partial charge in [-0.05, 0) is 6.07 Å².